The van der Waals surface area contributed by atoms with Gasteiger partial charge >= 0.3 is 5.97 Å². The number of carboxylic acid groups (broad SMARTS) is 1. The third-order valence-electron chi connectivity index (χ3n) is 3.05. The zero-order chi connectivity index (χ0) is 11.6. The van der Waals surface area contributed by atoms with E-state index in [0.717, 1.165) is 12.0 Å². The molecule has 0 aromatic heterocycles. The summed E-state index contributed by atoms with van der Waals surface area (Å²) in [6.45, 7) is 0.710. The van der Waals surface area contributed by atoms with Gasteiger partial charge in [0.1, 0.15) is 11.4 Å². The molecule has 17 heavy (non-hydrogen) atoms. The smallest absolute Gasteiger partial charge is 0.324 e. The molecule has 2 N–H and O–H groups in total. The highest BCUT2D eigenvalue weighted by atomic mass is 35.5. The average Bonchev–Trinajstić information content (AvgIpc) is 2.67. The molecular formula is C12H15ClFNO2. The molecule has 1 aromatic carbocycles. The molecule has 1 heterocycles. The van der Waals surface area contributed by atoms with Crippen LogP contribution in [0.3, 0.4) is 0 Å². The van der Waals surface area contributed by atoms with Gasteiger partial charge in [0.25, 0.3) is 0 Å². The molecule has 1 fully saturated rings. The van der Waals surface area contributed by atoms with E-state index in [-0.39, 0.29) is 18.2 Å². The lowest BCUT2D eigenvalue weighted by Gasteiger charge is -2.24. The van der Waals surface area contributed by atoms with Crippen LogP contribution in [0, 0.1) is 5.82 Å². The summed E-state index contributed by atoms with van der Waals surface area (Å²) in [5, 5.41) is 12.3. The van der Waals surface area contributed by atoms with E-state index >= 15 is 0 Å². The number of hydrogen-bond donors (Lipinski definition) is 2. The normalized spacial score (nSPS) is 23.1. The number of rotatable bonds is 3. The first-order valence-electron chi connectivity index (χ1n) is 5.35. The lowest BCUT2D eigenvalue weighted by Crippen LogP contribution is -2.49. The van der Waals surface area contributed by atoms with Gasteiger partial charge in [0, 0.05) is 6.42 Å². The molecule has 2 rings (SSSR count). The summed E-state index contributed by atoms with van der Waals surface area (Å²) in [6, 6.07) is 6.12. The Balaban J connectivity index is 0.00000144. The number of nitrogens with one attached hydrogen (secondary N) is 1. The summed E-state index contributed by atoms with van der Waals surface area (Å²) < 4.78 is 13.0. The first-order chi connectivity index (χ1) is 7.62. The Morgan fingerprint density at radius 3 is 2.82 bits per heavy atom. The number of aliphatic carboxylic acids is 1. The largest absolute Gasteiger partial charge is 0.480 e. The summed E-state index contributed by atoms with van der Waals surface area (Å²) in [4.78, 5) is 11.3. The second-order valence-electron chi connectivity index (χ2n) is 4.22. The second kappa shape index (κ2) is 5.47. The highest BCUT2D eigenvalue weighted by Crippen LogP contribution is 2.24. The van der Waals surface area contributed by atoms with Crippen LogP contribution in [0.15, 0.2) is 24.3 Å². The number of benzene rings is 1. The Kier molecular flexibility index (Phi) is 4.48. The molecular weight excluding hydrogens is 245 g/mol. The van der Waals surface area contributed by atoms with Crippen LogP contribution in [-0.4, -0.2) is 23.2 Å². The van der Waals surface area contributed by atoms with Crippen LogP contribution >= 0.6 is 12.4 Å². The molecule has 5 heteroatoms. The molecule has 0 amide bonds. The van der Waals surface area contributed by atoms with Crippen molar-refractivity contribution in [1.82, 2.24) is 5.32 Å². The molecule has 0 aliphatic carbocycles. The maximum atomic E-state index is 13.0. The van der Waals surface area contributed by atoms with Crippen molar-refractivity contribution in [3.8, 4) is 0 Å². The van der Waals surface area contributed by atoms with Gasteiger partial charge in [-0.05, 0) is 37.1 Å². The quantitative estimate of drug-likeness (QED) is 0.873. The molecule has 0 spiro atoms. The van der Waals surface area contributed by atoms with Crippen molar-refractivity contribution < 1.29 is 14.3 Å². The molecule has 1 saturated heterocycles. The van der Waals surface area contributed by atoms with Gasteiger partial charge in [-0.25, -0.2) is 4.39 Å². The zero-order valence-corrected chi connectivity index (χ0v) is 10.1. The van der Waals surface area contributed by atoms with E-state index in [9.17, 15) is 14.3 Å². The number of hydrogen-bond acceptors (Lipinski definition) is 2. The van der Waals surface area contributed by atoms with Gasteiger partial charge in [0.05, 0.1) is 0 Å². The third-order valence-corrected chi connectivity index (χ3v) is 3.05. The fraction of sp³-hybridized carbons (Fsp3) is 0.417. The van der Waals surface area contributed by atoms with Crippen molar-refractivity contribution in [2.75, 3.05) is 6.54 Å². The van der Waals surface area contributed by atoms with Crippen LogP contribution < -0.4 is 5.32 Å². The Hall–Kier alpha value is -1.13. The predicted molar refractivity (Wildman–Crippen MR) is 65.0 cm³/mol. The maximum Gasteiger partial charge on any atom is 0.324 e. The summed E-state index contributed by atoms with van der Waals surface area (Å²) >= 11 is 0. The summed E-state index contributed by atoms with van der Waals surface area (Å²) in [5.41, 5.74) is -0.190. The lowest BCUT2D eigenvalue weighted by molar-refractivity contribution is -0.144. The first kappa shape index (κ1) is 13.9. The highest BCUT2D eigenvalue weighted by Gasteiger charge is 2.40. The summed E-state index contributed by atoms with van der Waals surface area (Å²) in [5.74, 6) is -1.18. The van der Waals surface area contributed by atoms with Gasteiger partial charge in [0.2, 0.25) is 0 Å². The van der Waals surface area contributed by atoms with Crippen LogP contribution in [0.1, 0.15) is 18.4 Å². The van der Waals surface area contributed by atoms with Crippen molar-refractivity contribution in [3.05, 3.63) is 35.6 Å². The SMILES string of the molecule is Cl.O=C(O)[C@]1(Cc2cccc(F)c2)CCCN1. The van der Waals surface area contributed by atoms with E-state index < -0.39 is 11.5 Å². The van der Waals surface area contributed by atoms with Gasteiger partial charge in [-0.1, -0.05) is 12.1 Å². The molecule has 94 valence electrons. The van der Waals surface area contributed by atoms with Gasteiger partial charge in [0.15, 0.2) is 0 Å². The highest BCUT2D eigenvalue weighted by molar-refractivity contribution is 5.85. The van der Waals surface area contributed by atoms with Gasteiger partial charge in [-0.3, -0.25) is 4.79 Å². The molecule has 1 aromatic rings. The number of carboxylic acids is 1. The molecule has 0 unspecified atom stereocenters. The van der Waals surface area contributed by atoms with E-state index in [1.165, 1.54) is 12.1 Å². The van der Waals surface area contributed by atoms with E-state index in [1.807, 2.05) is 0 Å². The number of carbonyl (C=O) groups is 1. The van der Waals surface area contributed by atoms with Crippen molar-refractivity contribution >= 4 is 18.4 Å². The second-order valence-corrected chi connectivity index (χ2v) is 4.22. The van der Waals surface area contributed by atoms with Crippen LogP contribution in [0.25, 0.3) is 0 Å². The van der Waals surface area contributed by atoms with E-state index in [1.54, 1.807) is 12.1 Å². The van der Waals surface area contributed by atoms with Crippen LogP contribution in [0.4, 0.5) is 4.39 Å². The lowest BCUT2D eigenvalue weighted by atomic mass is 9.89. The molecule has 0 saturated carbocycles. The molecule has 1 aliphatic rings. The van der Waals surface area contributed by atoms with E-state index in [2.05, 4.69) is 5.32 Å². The maximum absolute atomic E-state index is 13.0. The summed E-state index contributed by atoms with van der Waals surface area (Å²) in [6.07, 6.45) is 1.78. The van der Waals surface area contributed by atoms with Crippen molar-refractivity contribution in [2.24, 2.45) is 0 Å². The standard InChI is InChI=1S/C12H14FNO2.ClH/c13-10-4-1-3-9(7-10)8-12(11(15)16)5-2-6-14-12;/h1,3-4,7,14H,2,5-6,8H2,(H,15,16);1H/t12-;/m1./s1. The van der Waals surface area contributed by atoms with Gasteiger partial charge in [-0.2, -0.15) is 0 Å². The topological polar surface area (TPSA) is 49.3 Å². The van der Waals surface area contributed by atoms with Crippen molar-refractivity contribution in [1.29, 1.82) is 0 Å². The fourth-order valence-electron chi connectivity index (χ4n) is 2.21. The zero-order valence-electron chi connectivity index (χ0n) is 9.28. The van der Waals surface area contributed by atoms with Crippen LogP contribution in [-0.2, 0) is 11.2 Å². The van der Waals surface area contributed by atoms with Crippen molar-refractivity contribution in [3.63, 3.8) is 0 Å². The predicted octanol–water partition coefficient (Wildman–Crippen LogP) is 2.00. The van der Waals surface area contributed by atoms with Crippen LogP contribution in [0.2, 0.25) is 0 Å². The Morgan fingerprint density at radius 1 is 1.53 bits per heavy atom. The molecule has 0 bridgehead atoms. The molecule has 3 nitrogen and oxygen atoms in total. The Bertz CT molecular complexity index is 405. The summed E-state index contributed by atoms with van der Waals surface area (Å²) in [7, 11) is 0. The van der Waals surface area contributed by atoms with Gasteiger partial charge in [-0.15, -0.1) is 12.4 Å². The monoisotopic (exact) mass is 259 g/mol. The third kappa shape index (κ3) is 2.96. The van der Waals surface area contributed by atoms with Crippen LogP contribution in [0.5, 0.6) is 0 Å². The number of halogens is 2. The molecule has 1 aliphatic heterocycles. The van der Waals surface area contributed by atoms with E-state index in [0.29, 0.717) is 19.4 Å². The Morgan fingerprint density at radius 2 is 2.29 bits per heavy atom. The Labute approximate surface area is 105 Å². The minimum atomic E-state index is -0.909. The average molecular weight is 260 g/mol. The van der Waals surface area contributed by atoms with Gasteiger partial charge < -0.3 is 10.4 Å². The molecule has 1 atom stereocenters. The molecule has 0 radical (unpaired) electrons. The minimum absolute atomic E-state index is 0. The first-order valence-corrected chi connectivity index (χ1v) is 5.35. The van der Waals surface area contributed by atoms with Crippen molar-refractivity contribution in [2.45, 2.75) is 24.8 Å². The minimum Gasteiger partial charge on any atom is -0.480 e. The van der Waals surface area contributed by atoms with E-state index in [4.69, 9.17) is 0 Å². The fourth-order valence-corrected chi connectivity index (χ4v) is 2.21.